The first-order valence-electron chi connectivity index (χ1n) is 8.86. The SMILES string of the molecule is Cc1cccc(-c2nc(C(=O)Nc3ccc(Cl)cc3)nn2-c2ccc(Br)cc2)c1. The van der Waals surface area contributed by atoms with Gasteiger partial charge in [-0.3, -0.25) is 4.79 Å². The number of anilines is 1. The zero-order chi connectivity index (χ0) is 20.4. The van der Waals surface area contributed by atoms with Crippen LogP contribution < -0.4 is 5.32 Å². The zero-order valence-corrected chi connectivity index (χ0v) is 17.8. The fraction of sp³-hybridized carbons (Fsp3) is 0.0455. The first-order chi connectivity index (χ1) is 14.0. The molecule has 0 aliphatic carbocycles. The summed E-state index contributed by atoms with van der Waals surface area (Å²) in [4.78, 5) is 17.3. The highest BCUT2D eigenvalue weighted by atomic mass is 79.9. The standard InChI is InChI=1S/C22H16BrClN4O/c1-14-3-2-4-15(13-14)21-26-20(22(29)25-18-9-7-17(24)8-10-18)27-28(21)19-11-5-16(23)6-12-19/h2-13H,1H3,(H,25,29). The lowest BCUT2D eigenvalue weighted by Gasteiger charge is -2.06. The highest BCUT2D eigenvalue weighted by Gasteiger charge is 2.19. The molecule has 0 radical (unpaired) electrons. The topological polar surface area (TPSA) is 59.8 Å². The molecule has 7 heteroatoms. The number of carbonyl (C=O) groups is 1. The van der Waals surface area contributed by atoms with E-state index in [0.29, 0.717) is 16.5 Å². The molecule has 5 nitrogen and oxygen atoms in total. The molecule has 1 aromatic heterocycles. The summed E-state index contributed by atoms with van der Waals surface area (Å²) in [6.45, 7) is 2.01. The summed E-state index contributed by atoms with van der Waals surface area (Å²) >= 11 is 9.35. The number of nitrogens with zero attached hydrogens (tertiary/aromatic N) is 3. The molecule has 1 heterocycles. The van der Waals surface area contributed by atoms with Gasteiger partial charge < -0.3 is 5.32 Å². The molecule has 0 atom stereocenters. The normalized spacial score (nSPS) is 10.7. The molecular weight excluding hydrogens is 452 g/mol. The van der Waals surface area contributed by atoms with Crippen LogP contribution in [0.1, 0.15) is 16.2 Å². The van der Waals surface area contributed by atoms with Crippen LogP contribution in [0.25, 0.3) is 17.1 Å². The van der Waals surface area contributed by atoms with Gasteiger partial charge in [-0.2, -0.15) is 0 Å². The van der Waals surface area contributed by atoms with Crippen molar-refractivity contribution in [1.82, 2.24) is 14.8 Å². The van der Waals surface area contributed by atoms with E-state index in [-0.39, 0.29) is 5.82 Å². The Balaban J connectivity index is 1.75. The van der Waals surface area contributed by atoms with Crippen molar-refractivity contribution in [2.75, 3.05) is 5.32 Å². The molecule has 144 valence electrons. The van der Waals surface area contributed by atoms with Gasteiger partial charge in [-0.05, 0) is 61.5 Å². The van der Waals surface area contributed by atoms with Crippen molar-refractivity contribution >= 4 is 39.1 Å². The number of rotatable bonds is 4. The van der Waals surface area contributed by atoms with Crippen molar-refractivity contribution in [3.05, 3.63) is 93.7 Å². The Morgan fingerprint density at radius 2 is 1.76 bits per heavy atom. The average molecular weight is 468 g/mol. The molecular formula is C22H16BrClN4O. The highest BCUT2D eigenvalue weighted by Crippen LogP contribution is 2.24. The molecule has 0 aliphatic heterocycles. The van der Waals surface area contributed by atoms with Gasteiger partial charge in [-0.1, -0.05) is 51.3 Å². The third-order valence-corrected chi connectivity index (χ3v) is 5.04. The fourth-order valence-electron chi connectivity index (χ4n) is 2.86. The number of hydrogen-bond acceptors (Lipinski definition) is 3. The quantitative estimate of drug-likeness (QED) is 0.406. The Bertz CT molecular complexity index is 1170. The number of hydrogen-bond donors (Lipinski definition) is 1. The van der Waals surface area contributed by atoms with Crippen LogP contribution >= 0.6 is 27.5 Å². The molecule has 29 heavy (non-hydrogen) atoms. The molecule has 0 spiro atoms. The van der Waals surface area contributed by atoms with Crippen molar-refractivity contribution in [2.24, 2.45) is 0 Å². The second-order valence-electron chi connectivity index (χ2n) is 6.48. The summed E-state index contributed by atoms with van der Waals surface area (Å²) < 4.78 is 2.64. The van der Waals surface area contributed by atoms with Gasteiger partial charge in [0.15, 0.2) is 5.82 Å². The first kappa shape index (κ1) is 19.4. The summed E-state index contributed by atoms with van der Waals surface area (Å²) in [5, 5.41) is 7.89. The Morgan fingerprint density at radius 1 is 1.03 bits per heavy atom. The van der Waals surface area contributed by atoms with Gasteiger partial charge in [0.05, 0.1) is 5.69 Å². The van der Waals surface area contributed by atoms with Crippen molar-refractivity contribution < 1.29 is 4.79 Å². The molecule has 1 N–H and O–H groups in total. The van der Waals surface area contributed by atoms with Gasteiger partial charge in [-0.15, -0.1) is 5.10 Å². The summed E-state index contributed by atoms with van der Waals surface area (Å²) in [6.07, 6.45) is 0. The maximum Gasteiger partial charge on any atom is 0.295 e. The van der Waals surface area contributed by atoms with E-state index in [0.717, 1.165) is 21.3 Å². The van der Waals surface area contributed by atoms with Gasteiger partial charge in [0.2, 0.25) is 5.82 Å². The molecule has 0 saturated heterocycles. The number of carbonyl (C=O) groups excluding carboxylic acids is 1. The molecule has 0 aliphatic rings. The van der Waals surface area contributed by atoms with Gasteiger partial charge in [0, 0.05) is 20.7 Å². The molecule has 4 rings (SSSR count). The largest absolute Gasteiger partial charge is 0.319 e. The van der Waals surface area contributed by atoms with Crippen LogP contribution in [0.2, 0.25) is 5.02 Å². The van der Waals surface area contributed by atoms with Gasteiger partial charge in [0.1, 0.15) is 0 Å². The van der Waals surface area contributed by atoms with E-state index >= 15 is 0 Å². The van der Waals surface area contributed by atoms with Crippen molar-refractivity contribution in [1.29, 1.82) is 0 Å². The van der Waals surface area contributed by atoms with Crippen LogP contribution in [-0.2, 0) is 0 Å². The Labute approximate surface area is 181 Å². The minimum atomic E-state index is -0.392. The number of benzene rings is 3. The van der Waals surface area contributed by atoms with Crippen LogP contribution in [0.3, 0.4) is 0 Å². The van der Waals surface area contributed by atoms with Crippen molar-refractivity contribution in [3.8, 4) is 17.1 Å². The average Bonchev–Trinajstić information content (AvgIpc) is 3.16. The number of halogens is 2. The summed E-state index contributed by atoms with van der Waals surface area (Å²) in [5.41, 5.74) is 3.41. The van der Waals surface area contributed by atoms with Crippen LogP contribution in [0.4, 0.5) is 5.69 Å². The molecule has 4 aromatic rings. The summed E-state index contributed by atoms with van der Waals surface area (Å²) in [6, 6.07) is 22.5. The summed E-state index contributed by atoms with van der Waals surface area (Å²) in [5.74, 6) is 0.286. The molecule has 0 unspecified atom stereocenters. The second kappa shape index (κ2) is 8.19. The molecule has 3 aromatic carbocycles. The van der Waals surface area contributed by atoms with Gasteiger partial charge in [0.25, 0.3) is 5.91 Å². The van der Waals surface area contributed by atoms with E-state index in [2.05, 4.69) is 31.3 Å². The smallest absolute Gasteiger partial charge is 0.295 e. The Kier molecular flexibility index (Phi) is 5.47. The van der Waals surface area contributed by atoms with E-state index in [1.165, 1.54) is 0 Å². The van der Waals surface area contributed by atoms with Crippen molar-refractivity contribution in [3.63, 3.8) is 0 Å². The van der Waals surface area contributed by atoms with E-state index in [1.807, 2.05) is 55.5 Å². The molecule has 0 fully saturated rings. The van der Waals surface area contributed by atoms with Crippen LogP contribution in [0.5, 0.6) is 0 Å². The maximum absolute atomic E-state index is 12.8. The van der Waals surface area contributed by atoms with E-state index < -0.39 is 5.91 Å². The second-order valence-corrected chi connectivity index (χ2v) is 7.83. The third kappa shape index (κ3) is 4.39. The minimum Gasteiger partial charge on any atom is -0.319 e. The zero-order valence-electron chi connectivity index (χ0n) is 15.4. The third-order valence-electron chi connectivity index (χ3n) is 4.26. The lowest BCUT2D eigenvalue weighted by atomic mass is 10.1. The molecule has 0 bridgehead atoms. The lowest BCUT2D eigenvalue weighted by Crippen LogP contribution is -2.14. The predicted octanol–water partition coefficient (Wildman–Crippen LogP) is 5.91. The molecule has 1 amide bonds. The van der Waals surface area contributed by atoms with E-state index in [1.54, 1.807) is 28.9 Å². The van der Waals surface area contributed by atoms with E-state index in [4.69, 9.17) is 11.6 Å². The Morgan fingerprint density at radius 3 is 2.45 bits per heavy atom. The number of amides is 1. The van der Waals surface area contributed by atoms with Crippen LogP contribution in [0, 0.1) is 6.92 Å². The first-order valence-corrected chi connectivity index (χ1v) is 10.0. The predicted molar refractivity (Wildman–Crippen MR) is 119 cm³/mol. The van der Waals surface area contributed by atoms with Crippen LogP contribution in [0.15, 0.2) is 77.3 Å². The monoisotopic (exact) mass is 466 g/mol. The number of nitrogens with one attached hydrogen (secondary N) is 1. The maximum atomic E-state index is 12.8. The number of aromatic nitrogens is 3. The highest BCUT2D eigenvalue weighted by molar-refractivity contribution is 9.10. The van der Waals surface area contributed by atoms with Crippen LogP contribution in [-0.4, -0.2) is 20.7 Å². The lowest BCUT2D eigenvalue weighted by molar-refractivity contribution is 0.101. The summed E-state index contributed by atoms with van der Waals surface area (Å²) in [7, 11) is 0. The fourth-order valence-corrected chi connectivity index (χ4v) is 3.25. The van der Waals surface area contributed by atoms with E-state index in [9.17, 15) is 4.79 Å². The van der Waals surface area contributed by atoms with Gasteiger partial charge >= 0.3 is 0 Å². The molecule has 0 saturated carbocycles. The number of aryl methyl sites for hydroxylation is 1. The van der Waals surface area contributed by atoms with Crippen molar-refractivity contribution in [2.45, 2.75) is 6.92 Å². The van der Waals surface area contributed by atoms with Gasteiger partial charge in [-0.25, -0.2) is 9.67 Å². The Hall–Kier alpha value is -2.96. The minimum absolute atomic E-state index is 0.0828.